The van der Waals surface area contributed by atoms with Crippen LogP contribution in [0.5, 0.6) is 0 Å². The molecule has 1 heterocycles. The zero-order valence-electron chi connectivity index (χ0n) is 12.0. The Kier molecular flexibility index (Phi) is 4.61. The largest absolute Gasteiger partial charge is 0.271 e. The summed E-state index contributed by atoms with van der Waals surface area (Å²) < 4.78 is 29.7. The highest BCUT2D eigenvalue weighted by molar-refractivity contribution is 6.30. The van der Waals surface area contributed by atoms with E-state index in [9.17, 15) is 8.78 Å². The van der Waals surface area contributed by atoms with Gasteiger partial charge in [-0.3, -0.25) is 16.0 Å². The number of nitrogens with zero attached hydrogens (tertiary/aromatic N) is 2. The first-order valence-corrected chi connectivity index (χ1v) is 6.83. The summed E-state index contributed by atoms with van der Waals surface area (Å²) in [6, 6.07) is 1.89. The lowest BCUT2D eigenvalue weighted by Crippen LogP contribution is -2.31. The van der Waals surface area contributed by atoms with Gasteiger partial charge in [0.25, 0.3) is 0 Å². The lowest BCUT2D eigenvalue weighted by Gasteiger charge is -2.18. The number of hydrogen-bond donors (Lipinski definition) is 2. The summed E-state index contributed by atoms with van der Waals surface area (Å²) in [5, 5.41) is 4.61. The molecule has 0 fully saturated rings. The van der Waals surface area contributed by atoms with Crippen molar-refractivity contribution in [3.05, 3.63) is 51.3 Å². The van der Waals surface area contributed by atoms with Gasteiger partial charge in [-0.25, -0.2) is 8.78 Å². The number of rotatable bonds is 4. The van der Waals surface area contributed by atoms with Crippen molar-refractivity contribution in [3.8, 4) is 0 Å². The van der Waals surface area contributed by atoms with E-state index in [1.165, 1.54) is 16.8 Å². The van der Waals surface area contributed by atoms with E-state index in [2.05, 4.69) is 10.5 Å². The van der Waals surface area contributed by atoms with Crippen LogP contribution in [0.3, 0.4) is 0 Å². The average molecular weight is 315 g/mol. The Bertz CT molecular complexity index is 669. The minimum atomic E-state index is -0.731. The van der Waals surface area contributed by atoms with E-state index in [1.54, 1.807) is 20.9 Å². The molecule has 7 heteroatoms. The second-order valence-electron chi connectivity index (χ2n) is 4.99. The molecule has 114 valence electrons. The summed E-state index contributed by atoms with van der Waals surface area (Å²) in [6.07, 6.45) is 0.242. The van der Waals surface area contributed by atoms with Gasteiger partial charge in [-0.05, 0) is 31.9 Å². The molecule has 1 atom stereocenters. The van der Waals surface area contributed by atoms with Gasteiger partial charge in [-0.1, -0.05) is 17.7 Å². The number of aromatic nitrogens is 2. The van der Waals surface area contributed by atoms with Gasteiger partial charge < -0.3 is 0 Å². The van der Waals surface area contributed by atoms with Gasteiger partial charge in [0.15, 0.2) is 0 Å². The SMILES string of the molecule is Cc1ccc(F)c(C(Cc2c(C)nn(C)c2Cl)NN)c1F. The summed E-state index contributed by atoms with van der Waals surface area (Å²) in [4.78, 5) is 0. The summed E-state index contributed by atoms with van der Waals surface area (Å²) in [6.45, 7) is 3.37. The molecular weight excluding hydrogens is 298 g/mol. The van der Waals surface area contributed by atoms with Crippen molar-refractivity contribution in [1.82, 2.24) is 15.2 Å². The van der Waals surface area contributed by atoms with Crippen LogP contribution in [-0.2, 0) is 13.5 Å². The van der Waals surface area contributed by atoms with Gasteiger partial charge in [-0.15, -0.1) is 0 Å². The van der Waals surface area contributed by atoms with Gasteiger partial charge in [0.1, 0.15) is 16.8 Å². The third-order valence-corrected chi connectivity index (χ3v) is 4.02. The van der Waals surface area contributed by atoms with Crippen molar-refractivity contribution in [2.24, 2.45) is 12.9 Å². The molecule has 2 rings (SSSR count). The van der Waals surface area contributed by atoms with Crippen molar-refractivity contribution in [3.63, 3.8) is 0 Å². The molecule has 3 N–H and O–H groups in total. The summed E-state index contributed by atoms with van der Waals surface area (Å²) in [5.41, 5.74) is 4.15. The van der Waals surface area contributed by atoms with E-state index in [0.717, 1.165) is 0 Å². The first-order chi connectivity index (χ1) is 9.86. The quantitative estimate of drug-likeness (QED) is 0.674. The number of nitrogens with one attached hydrogen (secondary N) is 1. The van der Waals surface area contributed by atoms with E-state index in [4.69, 9.17) is 17.4 Å². The van der Waals surface area contributed by atoms with E-state index < -0.39 is 17.7 Å². The monoisotopic (exact) mass is 314 g/mol. The Morgan fingerprint density at radius 2 is 2.05 bits per heavy atom. The van der Waals surface area contributed by atoms with Gasteiger partial charge >= 0.3 is 0 Å². The lowest BCUT2D eigenvalue weighted by molar-refractivity contribution is 0.469. The number of benzene rings is 1. The van der Waals surface area contributed by atoms with Crippen LogP contribution in [-0.4, -0.2) is 9.78 Å². The third-order valence-electron chi connectivity index (χ3n) is 3.55. The summed E-state index contributed by atoms with van der Waals surface area (Å²) in [7, 11) is 1.71. The fourth-order valence-corrected chi connectivity index (χ4v) is 2.60. The fraction of sp³-hybridized carbons (Fsp3) is 0.357. The highest BCUT2D eigenvalue weighted by Crippen LogP contribution is 2.29. The highest BCUT2D eigenvalue weighted by atomic mass is 35.5. The molecule has 1 unspecified atom stereocenters. The second-order valence-corrected chi connectivity index (χ2v) is 5.35. The van der Waals surface area contributed by atoms with E-state index in [1.807, 2.05) is 0 Å². The predicted molar refractivity (Wildman–Crippen MR) is 77.8 cm³/mol. The molecule has 0 bridgehead atoms. The van der Waals surface area contributed by atoms with E-state index in [-0.39, 0.29) is 12.0 Å². The summed E-state index contributed by atoms with van der Waals surface area (Å²) in [5.74, 6) is 4.25. The van der Waals surface area contributed by atoms with Crippen LogP contribution in [0.1, 0.15) is 28.4 Å². The lowest BCUT2D eigenvalue weighted by atomic mass is 9.97. The van der Waals surface area contributed by atoms with Crippen LogP contribution in [0.4, 0.5) is 8.78 Å². The number of hydrogen-bond acceptors (Lipinski definition) is 3. The highest BCUT2D eigenvalue weighted by Gasteiger charge is 2.24. The van der Waals surface area contributed by atoms with Crippen LogP contribution in [0.15, 0.2) is 12.1 Å². The fourth-order valence-electron chi connectivity index (χ4n) is 2.35. The zero-order chi connectivity index (χ0) is 15.7. The smallest absolute Gasteiger partial charge is 0.133 e. The molecule has 0 radical (unpaired) electrons. The van der Waals surface area contributed by atoms with Crippen molar-refractivity contribution in [2.45, 2.75) is 26.3 Å². The van der Waals surface area contributed by atoms with Gasteiger partial charge in [-0.2, -0.15) is 5.10 Å². The molecule has 21 heavy (non-hydrogen) atoms. The number of halogens is 3. The maximum Gasteiger partial charge on any atom is 0.133 e. The zero-order valence-corrected chi connectivity index (χ0v) is 12.8. The van der Waals surface area contributed by atoms with Crippen LogP contribution < -0.4 is 11.3 Å². The number of nitrogens with two attached hydrogens (primary N) is 1. The molecule has 0 aliphatic heterocycles. The van der Waals surface area contributed by atoms with Gasteiger partial charge in [0, 0.05) is 18.2 Å². The molecule has 1 aromatic carbocycles. The summed E-state index contributed by atoms with van der Waals surface area (Å²) >= 11 is 6.16. The molecule has 0 saturated heterocycles. The van der Waals surface area contributed by atoms with Crippen LogP contribution in [0, 0.1) is 25.5 Å². The molecule has 2 aromatic rings. The Morgan fingerprint density at radius 1 is 1.38 bits per heavy atom. The topological polar surface area (TPSA) is 55.9 Å². The molecule has 0 amide bonds. The Labute approximate surface area is 126 Å². The third kappa shape index (κ3) is 2.92. The Morgan fingerprint density at radius 3 is 2.57 bits per heavy atom. The van der Waals surface area contributed by atoms with Crippen molar-refractivity contribution >= 4 is 11.6 Å². The molecule has 4 nitrogen and oxygen atoms in total. The van der Waals surface area contributed by atoms with Gasteiger partial charge in [0.2, 0.25) is 0 Å². The maximum atomic E-state index is 14.2. The Hall–Kier alpha value is -1.50. The molecular formula is C14H17ClF2N4. The van der Waals surface area contributed by atoms with E-state index >= 15 is 0 Å². The number of aryl methyl sites for hydroxylation is 3. The molecule has 0 aliphatic carbocycles. The average Bonchev–Trinajstić information content (AvgIpc) is 2.68. The standard InChI is InChI=1S/C14H17ClF2N4/c1-7-4-5-10(16)12(13(7)17)11(19-18)6-9-8(2)20-21(3)14(9)15/h4-5,11,19H,6,18H2,1-3H3. The minimum Gasteiger partial charge on any atom is -0.271 e. The Balaban J connectivity index is 2.44. The number of hydrazine groups is 1. The van der Waals surface area contributed by atoms with Crippen LogP contribution in [0.2, 0.25) is 5.15 Å². The van der Waals surface area contributed by atoms with Crippen LogP contribution >= 0.6 is 11.6 Å². The van der Waals surface area contributed by atoms with Crippen molar-refractivity contribution in [1.29, 1.82) is 0 Å². The minimum absolute atomic E-state index is 0.0863. The molecule has 1 aromatic heterocycles. The van der Waals surface area contributed by atoms with Crippen molar-refractivity contribution in [2.75, 3.05) is 0 Å². The molecule has 0 aliphatic rings. The first kappa shape index (κ1) is 15.9. The van der Waals surface area contributed by atoms with E-state index in [0.29, 0.717) is 22.0 Å². The molecule has 0 saturated carbocycles. The van der Waals surface area contributed by atoms with Gasteiger partial charge in [0.05, 0.1) is 11.7 Å². The predicted octanol–water partition coefficient (Wildman–Crippen LogP) is 2.72. The second kappa shape index (κ2) is 6.09. The maximum absolute atomic E-state index is 14.2. The van der Waals surface area contributed by atoms with Crippen molar-refractivity contribution < 1.29 is 8.78 Å². The van der Waals surface area contributed by atoms with Crippen LogP contribution in [0.25, 0.3) is 0 Å². The first-order valence-electron chi connectivity index (χ1n) is 6.45. The normalized spacial score (nSPS) is 12.7. The molecule has 0 spiro atoms.